The zero-order chi connectivity index (χ0) is 13.8. The van der Waals surface area contributed by atoms with Gasteiger partial charge >= 0.3 is 5.97 Å². The molecule has 0 spiro atoms. The van der Waals surface area contributed by atoms with E-state index < -0.39 is 5.97 Å². The molecular formula is C13H19N3O3. The highest BCUT2D eigenvalue weighted by Gasteiger charge is 2.24. The molecule has 0 radical (unpaired) electrons. The van der Waals surface area contributed by atoms with Crippen LogP contribution >= 0.6 is 0 Å². The molecule has 1 aliphatic rings. The van der Waals surface area contributed by atoms with Gasteiger partial charge < -0.3 is 14.4 Å². The van der Waals surface area contributed by atoms with Crippen LogP contribution in [0.4, 0.5) is 5.82 Å². The lowest BCUT2D eigenvalue weighted by Gasteiger charge is -2.36. The van der Waals surface area contributed by atoms with Crippen molar-refractivity contribution in [3.8, 4) is 0 Å². The van der Waals surface area contributed by atoms with E-state index in [1.165, 1.54) is 0 Å². The lowest BCUT2D eigenvalue weighted by Crippen LogP contribution is -2.46. The fourth-order valence-corrected chi connectivity index (χ4v) is 2.18. The Balaban J connectivity index is 2.16. The maximum atomic E-state index is 11.6. The van der Waals surface area contributed by atoms with Crippen molar-refractivity contribution in [3.05, 3.63) is 18.1 Å². The van der Waals surface area contributed by atoms with Crippen molar-refractivity contribution in [1.82, 2.24) is 9.97 Å². The van der Waals surface area contributed by atoms with Crippen LogP contribution in [0.1, 0.15) is 31.4 Å². The van der Waals surface area contributed by atoms with Crippen LogP contribution in [0.3, 0.4) is 0 Å². The van der Waals surface area contributed by atoms with Crippen LogP contribution in [-0.4, -0.2) is 47.8 Å². The van der Waals surface area contributed by atoms with E-state index in [-0.39, 0.29) is 18.0 Å². The zero-order valence-corrected chi connectivity index (χ0v) is 11.5. The fourth-order valence-electron chi connectivity index (χ4n) is 2.18. The number of anilines is 1. The normalized spacial score (nSPS) is 23.2. The number of rotatable bonds is 3. The van der Waals surface area contributed by atoms with Gasteiger partial charge in [-0.3, -0.25) is 0 Å². The Morgan fingerprint density at radius 1 is 1.47 bits per heavy atom. The highest BCUT2D eigenvalue weighted by atomic mass is 16.5. The molecule has 0 amide bonds. The number of hydrogen-bond donors (Lipinski definition) is 0. The minimum atomic E-state index is -0.487. The number of esters is 1. The first kappa shape index (κ1) is 13.7. The minimum Gasteiger partial charge on any atom is -0.460 e. The molecule has 0 N–H and O–H groups in total. The number of carbonyl (C=O) groups excluding carboxylic acids is 1. The monoisotopic (exact) mass is 265 g/mol. The lowest BCUT2D eigenvalue weighted by atomic mass is 10.2. The van der Waals surface area contributed by atoms with E-state index in [1.807, 2.05) is 13.8 Å². The molecule has 19 heavy (non-hydrogen) atoms. The summed E-state index contributed by atoms with van der Waals surface area (Å²) >= 11 is 0. The lowest BCUT2D eigenvalue weighted by molar-refractivity contribution is -0.00547. The highest BCUT2D eigenvalue weighted by Crippen LogP contribution is 2.17. The van der Waals surface area contributed by atoms with E-state index >= 15 is 0 Å². The SMILES string of the molecule is CCOC(=O)c1nccc(N2CC(C)OC(C)C2)n1. The summed E-state index contributed by atoms with van der Waals surface area (Å²) in [6.07, 6.45) is 1.87. The quantitative estimate of drug-likeness (QED) is 0.767. The number of aromatic nitrogens is 2. The first-order chi connectivity index (χ1) is 9.10. The first-order valence-electron chi connectivity index (χ1n) is 6.50. The molecule has 1 aliphatic heterocycles. The third kappa shape index (κ3) is 3.41. The van der Waals surface area contributed by atoms with Crippen molar-refractivity contribution in [3.63, 3.8) is 0 Å². The summed E-state index contributed by atoms with van der Waals surface area (Å²) in [5, 5.41) is 0. The summed E-state index contributed by atoms with van der Waals surface area (Å²) in [6, 6.07) is 1.80. The molecule has 1 aromatic rings. The summed E-state index contributed by atoms with van der Waals surface area (Å²) in [5.74, 6) is 0.352. The molecule has 1 aromatic heterocycles. The smallest absolute Gasteiger partial charge is 0.376 e. The van der Waals surface area contributed by atoms with Crippen LogP contribution in [0.5, 0.6) is 0 Å². The van der Waals surface area contributed by atoms with Crippen LogP contribution < -0.4 is 4.90 Å². The molecule has 0 aliphatic carbocycles. The van der Waals surface area contributed by atoms with E-state index in [9.17, 15) is 4.79 Å². The van der Waals surface area contributed by atoms with E-state index in [0.717, 1.165) is 18.9 Å². The molecule has 0 bridgehead atoms. The second-order valence-electron chi connectivity index (χ2n) is 4.62. The van der Waals surface area contributed by atoms with Crippen molar-refractivity contribution in [1.29, 1.82) is 0 Å². The van der Waals surface area contributed by atoms with Gasteiger partial charge in [0.05, 0.1) is 18.8 Å². The largest absolute Gasteiger partial charge is 0.460 e. The number of ether oxygens (including phenoxy) is 2. The topological polar surface area (TPSA) is 64.5 Å². The third-order valence-electron chi connectivity index (χ3n) is 2.84. The molecule has 0 aromatic carbocycles. The summed E-state index contributed by atoms with van der Waals surface area (Å²) in [5.41, 5.74) is 0. The van der Waals surface area contributed by atoms with Gasteiger partial charge in [-0.15, -0.1) is 0 Å². The Labute approximate surface area is 112 Å². The third-order valence-corrected chi connectivity index (χ3v) is 2.84. The molecule has 0 saturated carbocycles. The van der Waals surface area contributed by atoms with Gasteiger partial charge in [-0.25, -0.2) is 14.8 Å². The van der Waals surface area contributed by atoms with Crippen molar-refractivity contribution in [2.24, 2.45) is 0 Å². The Hall–Kier alpha value is -1.69. The molecule has 104 valence electrons. The van der Waals surface area contributed by atoms with Gasteiger partial charge in [0.2, 0.25) is 5.82 Å². The predicted molar refractivity (Wildman–Crippen MR) is 70.2 cm³/mol. The van der Waals surface area contributed by atoms with Gasteiger partial charge in [-0.05, 0) is 26.8 Å². The van der Waals surface area contributed by atoms with Crippen molar-refractivity contribution >= 4 is 11.8 Å². The molecule has 1 saturated heterocycles. The van der Waals surface area contributed by atoms with Crippen LogP contribution in [0.2, 0.25) is 0 Å². The second-order valence-corrected chi connectivity index (χ2v) is 4.62. The summed E-state index contributed by atoms with van der Waals surface area (Å²) in [7, 11) is 0. The fraction of sp³-hybridized carbons (Fsp3) is 0.615. The average Bonchev–Trinajstić information content (AvgIpc) is 2.38. The minimum absolute atomic E-state index is 0.103. The number of morpholine rings is 1. The summed E-state index contributed by atoms with van der Waals surface area (Å²) in [6.45, 7) is 7.63. The van der Waals surface area contributed by atoms with Gasteiger partial charge in [0, 0.05) is 19.3 Å². The van der Waals surface area contributed by atoms with Crippen molar-refractivity contribution in [2.45, 2.75) is 33.0 Å². The highest BCUT2D eigenvalue weighted by molar-refractivity contribution is 5.85. The Morgan fingerprint density at radius 3 is 2.79 bits per heavy atom. The Kier molecular flexibility index (Phi) is 4.31. The molecular weight excluding hydrogens is 246 g/mol. The number of carbonyl (C=O) groups is 1. The van der Waals surface area contributed by atoms with E-state index in [2.05, 4.69) is 14.9 Å². The van der Waals surface area contributed by atoms with E-state index in [1.54, 1.807) is 19.2 Å². The molecule has 2 rings (SSSR count). The number of nitrogens with zero attached hydrogens (tertiary/aromatic N) is 3. The van der Waals surface area contributed by atoms with E-state index in [4.69, 9.17) is 9.47 Å². The van der Waals surface area contributed by atoms with Crippen molar-refractivity contribution in [2.75, 3.05) is 24.6 Å². The summed E-state index contributed by atoms with van der Waals surface area (Å²) in [4.78, 5) is 21.9. The Morgan fingerprint density at radius 2 is 2.16 bits per heavy atom. The first-order valence-corrected chi connectivity index (χ1v) is 6.50. The van der Waals surface area contributed by atoms with Gasteiger partial charge in [-0.2, -0.15) is 0 Å². The molecule has 6 nitrogen and oxygen atoms in total. The summed E-state index contributed by atoms with van der Waals surface area (Å²) < 4.78 is 10.6. The van der Waals surface area contributed by atoms with Crippen LogP contribution in [-0.2, 0) is 9.47 Å². The predicted octanol–water partition coefficient (Wildman–Crippen LogP) is 1.27. The average molecular weight is 265 g/mol. The van der Waals surface area contributed by atoms with Gasteiger partial charge in [0.1, 0.15) is 5.82 Å². The van der Waals surface area contributed by atoms with Gasteiger partial charge in [-0.1, -0.05) is 0 Å². The molecule has 2 heterocycles. The van der Waals surface area contributed by atoms with Gasteiger partial charge in [0.25, 0.3) is 0 Å². The standard InChI is InChI=1S/C13H19N3O3/c1-4-18-13(17)12-14-6-5-11(15-12)16-7-9(2)19-10(3)8-16/h5-6,9-10H,4,7-8H2,1-3H3. The molecule has 6 heteroatoms. The van der Waals surface area contributed by atoms with Crippen LogP contribution in [0.15, 0.2) is 12.3 Å². The molecule has 1 fully saturated rings. The molecule has 2 atom stereocenters. The number of hydrogen-bond acceptors (Lipinski definition) is 6. The van der Waals surface area contributed by atoms with Gasteiger partial charge in [0.15, 0.2) is 0 Å². The molecule has 2 unspecified atom stereocenters. The Bertz CT molecular complexity index is 443. The zero-order valence-electron chi connectivity index (χ0n) is 11.5. The van der Waals surface area contributed by atoms with Crippen LogP contribution in [0, 0.1) is 0 Å². The maximum absolute atomic E-state index is 11.6. The van der Waals surface area contributed by atoms with Crippen LogP contribution in [0.25, 0.3) is 0 Å². The van der Waals surface area contributed by atoms with Crippen molar-refractivity contribution < 1.29 is 14.3 Å². The maximum Gasteiger partial charge on any atom is 0.376 e. The second kappa shape index (κ2) is 5.97. The van der Waals surface area contributed by atoms with E-state index in [0.29, 0.717) is 6.61 Å².